The lowest BCUT2D eigenvalue weighted by Gasteiger charge is -2.24. The molecule has 168 valence electrons. The lowest BCUT2D eigenvalue weighted by Crippen LogP contribution is -2.37. The number of rotatable bonds is 7. The standard InChI is InChI=1S/C24H31N7O/c1-19-12-23(28-29(19)2)27-24(32)18-31-11-10-30(15-20-6-4-3-5-7-20)16-21(17-31)13-22-14-25-8-9-26-22/h3-9,12,14,21H,10-11,13,15-18H2,1-2H3,(H,27,28,32)/t21-/m0/s1. The van der Waals surface area contributed by atoms with Crippen molar-refractivity contribution in [3.05, 3.63) is 71.9 Å². The van der Waals surface area contributed by atoms with Gasteiger partial charge in [-0.3, -0.25) is 29.2 Å². The number of aryl methyl sites for hydroxylation is 2. The largest absolute Gasteiger partial charge is 0.308 e. The molecular weight excluding hydrogens is 402 g/mol. The third-order valence-corrected chi connectivity index (χ3v) is 5.88. The van der Waals surface area contributed by atoms with Gasteiger partial charge in [0.1, 0.15) is 0 Å². The molecule has 0 spiro atoms. The molecule has 1 N–H and O–H groups in total. The Hall–Kier alpha value is -3.10. The van der Waals surface area contributed by atoms with Gasteiger partial charge < -0.3 is 5.32 Å². The fourth-order valence-corrected chi connectivity index (χ4v) is 4.25. The van der Waals surface area contributed by atoms with Gasteiger partial charge in [0, 0.05) is 70.1 Å². The van der Waals surface area contributed by atoms with Crippen LogP contribution in [-0.2, 0) is 24.8 Å². The van der Waals surface area contributed by atoms with Gasteiger partial charge in [-0.15, -0.1) is 0 Å². The summed E-state index contributed by atoms with van der Waals surface area (Å²) in [5.41, 5.74) is 3.31. The van der Waals surface area contributed by atoms with Crippen LogP contribution in [0.5, 0.6) is 0 Å². The zero-order chi connectivity index (χ0) is 22.3. The van der Waals surface area contributed by atoms with Crippen molar-refractivity contribution >= 4 is 11.7 Å². The Kier molecular flexibility index (Phi) is 7.24. The molecule has 1 fully saturated rings. The van der Waals surface area contributed by atoms with E-state index in [1.807, 2.05) is 32.3 Å². The first kappa shape index (κ1) is 22.1. The molecule has 0 saturated carbocycles. The molecule has 1 aliphatic heterocycles. The third-order valence-electron chi connectivity index (χ3n) is 5.88. The molecule has 8 nitrogen and oxygen atoms in total. The number of carbonyl (C=O) groups is 1. The first-order valence-corrected chi connectivity index (χ1v) is 11.1. The zero-order valence-corrected chi connectivity index (χ0v) is 18.8. The lowest BCUT2D eigenvalue weighted by molar-refractivity contribution is -0.117. The molecule has 3 heterocycles. The zero-order valence-electron chi connectivity index (χ0n) is 18.8. The van der Waals surface area contributed by atoms with Crippen LogP contribution in [0.3, 0.4) is 0 Å². The van der Waals surface area contributed by atoms with E-state index in [1.165, 1.54) is 5.56 Å². The minimum absolute atomic E-state index is 0.0298. The van der Waals surface area contributed by atoms with Gasteiger partial charge in [0.15, 0.2) is 5.82 Å². The van der Waals surface area contributed by atoms with Crippen LogP contribution in [0.4, 0.5) is 5.82 Å². The Balaban J connectivity index is 1.42. The molecule has 1 saturated heterocycles. The molecule has 1 amide bonds. The van der Waals surface area contributed by atoms with Gasteiger partial charge >= 0.3 is 0 Å². The van der Waals surface area contributed by atoms with E-state index < -0.39 is 0 Å². The summed E-state index contributed by atoms with van der Waals surface area (Å²) in [6.45, 7) is 6.80. The predicted molar refractivity (Wildman–Crippen MR) is 124 cm³/mol. The Bertz CT molecular complexity index is 986. The molecule has 1 aromatic carbocycles. The molecule has 1 aliphatic rings. The molecule has 0 radical (unpaired) electrons. The van der Waals surface area contributed by atoms with Crippen LogP contribution < -0.4 is 5.32 Å². The summed E-state index contributed by atoms with van der Waals surface area (Å²) in [4.78, 5) is 26.1. The highest BCUT2D eigenvalue weighted by Gasteiger charge is 2.25. The first-order chi connectivity index (χ1) is 15.5. The molecule has 2 aromatic heterocycles. The van der Waals surface area contributed by atoms with Crippen LogP contribution in [0.1, 0.15) is 17.0 Å². The van der Waals surface area contributed by atoms with Gasteiger partial charge in [0.25, 0.3) is 0 Å². The Labute approximate surface area is 189 Å². The van der Waals surface area contributed by atoms with Gasteiger partial charge in [0.2, 0.25) is 5.91 Å². The number of benzene rings is 1. The van der Waals surface area contributed by atoms with Crippen LogP contribution in [-0.4, -0.2) is 68.2 Å². The molecule has 0 bridgehead atoms. The Morgan fingerprint density at radius 1 is 1.12 bits per heavy atom. The minimum atomic E-state index is -0.0298. The highest BCUT2D eigenvalue weighted by Crippen LogP contribution is 2.17. The number of carbonyl (C=O) groups excluding carboxylic acids is 1. The Morgan fingerprint density at radius 2 is 1.91 bits per heavy atom. The van der Waals surface area contributed by atoms with Crippen LogP contribution in [0.2, 0.25) is 0 Å². The van der Waals surface area contributed by atoms with Crippen molar-refractivity contribution in [2.24, 2.45) is 13.0 Å². The van der Waals surface area contributed by atoms with Crippen molar-refractivity contribution in [3.63, 3.8) is 0 Å². The van der Waals surface area contributed by atoms with Crippen molar-refractivity contribution in [3.8, 4) is 0 Å². The predicted octanol–water partition coefficient (Wildman–Crippen LogP) is 2.13. The summed E-state index contributed by atoms with van der Waals surface area (Å²) in [5.74, 6) is 0.937. The second-order valence-electron chi connectivity index (χ2n) is 8.57. The van der Waals surface area contributed by atoms with Crippen molar-refractivity contribution in [1.29, 1.82) is 0 Å². The number of aromatic nitrogens is 4. The number of hydrogen-bond acceptors (Lipinski definition) is 6. The van der Waals surface area contributed by atoms with Crippen molar-refractivity contribution < 1.29 is 4.79 Å². The maximum Gasteiger partial charge on any atom is 0.239 e. The lowest BCUT2D eigenvalue weighted by atomic mass is 10.0. The second kappa shape index (κ2) is 10.5. The molecule has 1 atom stereocenters. The first-order valence-electron chi connectivity index (χ1n) is 11.1. The van der Waals surface area contributed by atoms with E-state index in [4.69, 9.17) is 0 Å². The molecule has 8 heteroatoms. The summed E-state index contributed by atoms with van der Waals surface area (Å²) >= 11 is 0. The van der Waals surface area contributed by atoms with Crippen molar-refractivity contribution in [2.45, 2.75) is 19.9 Å². The average molecular weight is 434 g/mol. The van der Waals surface area contributed by atoms with Gasteiger partial charge in [-0.25, -0.2) is 0 Å². The molecular formula is C24H31N7O. The molecule has 4 rings (SSSR count). The molecule has 0 aliphatic carbocycles. The number of nitrogens with zero attached hydrogens (tertiary/aromatic N) is 6. The van der Waals surface area contributed by atoms with Crippen molar-refractivity contribution in [2.75, 3.05) is 38.0 Å². The van der Waals surface area contributed by atoms with Gasteiger partial charge in [-0.05, 0) is 24.8 Å². The van der Waals surface area contributed by atoms with Crippen molar-refractivity contribution in [1.82, 2.24) is 29.5 Å². The second-order valence-corrected chi connectivity index (χ2v) is 8.57. The smallest absolute Gasteiger partial charge is 0.239 e. The summed E-state index contributed by atoms with van der Waals surface area (Å²) in [5, 5.41) is 7.27. The van der Waals surface area contributed by atoms with E-state index in [1.54, 1.807) is 17.1 Å². The molecule has 3 aromatic rings. The summed E-state index contributed by atoms with van der Waals surface area (Å²) in [6, 6.07) is 12.4. The SMILES string of the molecule is Cc1cc(NC(=O)CN2CCN(Cc3ccccc3)C[C@H](Cc3cnccn3)C2)nn1C. The van der Waals surface area contributed by atoms with E-state index in [2.05, 4.69) is 54.4 Å². The van der Waals surface area contributed by atoms with Crippen LogP contribution >= 0.6 is 0 Å². The highest BCUT2D eigenvalue weighted by molar-refractivity contribution is 5.91. The number of hydrogen-bond donors (Lipinski definition) is 1. The van der Waals surface area contributed by atoms with E-state index in [0.29, 0.717) is 18.3 Å². The van der Waals surface area contributed by atoms with E-state index >= 15 is 0 Å². The quantitative estimate of drug-likeness (QED) is 0.615. The van der Waals surface area contributed by atoms with Gasteiger partial charge in [-0.2, -0.15) is 5.10 Å². The maximum atomic E-state index is 12.7. The normalized spacial score (nSPS) is 17.8. The van der Waals surface area contributed by atoms with Crippen LogP contribution in [0.25, 0.3) is 0 Å². The number of nitrogens with one attached hydrogen (secondary N) is 1. The average Bonchev–Trinajstić information content (AvgIpc) is 2.97. The topological polar surface area (TPSA) is 79.2 Å². The van der Waals surface area contributed by atoms with E-state index in [9.17, 15) is 4.79 Å². The summed E-state index contributed by atoms with van der Waals surface area (Å²) in [6.07, 6.45) is 6.13. The minimum Gasteiger partial charge on any atom is -0.308 e. The fraction of sp³-hybridized carbons (Fsp3) is 0.417. The number of amides is 1. The highest BCUT2D eigenvalue weighted by atomic mass is 16.2. The monoisotopic (exact) mass is 433 g/mol. The molecule has 0 unspecified atom stereocenters. The Morgan fingerprint density at radius 3 is 2.62 bits per heavy atom. The third kappa shape index (κ3) is 6.21. The number of anilines is 1. The maximum absolute atomic E-state index is 12.7. The van der Waals surface area contributed by atoms with E-state index in [0.717, 1.165) is 50.5 Å². The molecule has 32 heavy (non-hydrogen) atoms. The fourth-order valence-electron chi connectivity index (χ4n) is 4.25. The van der Waals surface area contributed by atoms with Crippen LogP contribution in [0, 0.1) is 12.8 Å². The van der Waals surface area contributed by atoms with Gasteiger partial charge in [0.05, 0.1) is 12.2 Å². The summed E-state index contributed by atoms with van der Waals surface area (Å²) in [7, 11) is 1.87. The van der Waals surface area contributed by atoms with Crippen LogP contribution in [0.15, 0.2) is 55.0 Å². The van der Waals surface area contributed by atoms with Gasteiger partial charge in [-0.1, -0.05) is 30.3 Å². The van der Waals surface area contributed by atoms with E-state index in [-0.39, 0.29) is 5.91 Å². The summed E-state index contributed by atoms with van der Waals surface area (Å²) < 4.78 is 1.76.